The molecule has 1 aromatic carbocycles. The molecule has 0 saturated carbocycles. The molecule has 128 valence electrons. The second kappa shape index (κ2) is 7.20. The summed E-state index contributed by atoms with van der Waals surface area (Å²) in [6, 6.07) is 4.81. The summed E-state index contributed by atoms with van der Waals surface area (Å²) in [5, 5.41) is 7.43. The van der Waals surface area contributed by atoms with Crippen molar-refractivity contribution in [2.24, 2.45) is 0 Å². The number of esters is 1. The number of carbonyl (C=O) groups excluding carboxylic acids is 2. The van der Waals surface area contributed by atoms with Crippen LogP contribution in [0.15, 0.2) is 36.8 Å². The number of fused-ring (bicyclic) bond motifs is 1. The van der Waals surface area contributed by atoms with Gasteiger partial charge in [0.15, 0.2) is 5.65 Å². The minimum absolute atomic E-state index is 0.225. The van der Waals surface area contributed by atoms with Gasteiger partial charge in [-0.25, -0.2) is 14.3 Å². The molecule has 0 bridgehead atoms. The Bertz CT molecular complexity index is 973. The number of amides is 1. The molecule has 0 aliphatic rings. The van der Waals surface area contributed by atoms with Crippen LogP contribution in [0.4, 0.5) is 5.69 Å². The highest BCUT2D eigenvalue weighted by molar-refractivity contribution is 9.08. The number of methoxy groups -OCH3 is 1. The number of rotatable bonds is 4. The van der Waals surface area contributed by atoms with E-state index in [0.29, 0.717) is 33.4 Å². The molecule has 7 nitrogen and oxygen atoms in total. The number of hydrogen-bond donors (Lipinski definition) is 1. The van der Waals surface area contributed by atoms with Crippen LogP contribution in [-0.4, -0.2) is 33.6 Å². The summed E-state index contributed by atoms with van der Waals surface area (Å²) >= 11 is 9.52. The highest BCUT2D eigenvalue weighted by Crippen LogP contribution is 2.29. The first-order valence-electron chi connectivity index (χ1n) is 7.11. The molecule has 3 rings (SSSR count). The zero-order chi connectivity index (χ0) is 18.0. The van der Waals surface area contributed by atoms with Gasteiger partial charge in [-0.15, -0.1) is 0 Å². The minimum Gasteiger partial charge on any atom is -0.465 e. The number of nitrogens with one attached hydrogen (secondary N) is 1. The monoisotopic (exact) mass is 422 g/mol. The predicted molar refractivity (Wildman–Crippen MR) is 96.4 cm³/mol. The Balaban J connectivity index is 1.95. The second-order valence-electron chi connectivity index (χ2n) is 5.01. The van der Waals surface area contributed by atoms with Crippen LogP contribution in [-0.2, 0) is 10.1 Å². The molecule has 1 amide bonds. The molecular formula is C16H12BrClN4O3. The maximum atomic E-state index is 12.5. The standard InChI is InChI=1S/C16H12BrClN4O3/c1-25-16(24)10-6-12(18)13(5-9(10)7-17)21-15(23)11-8-20-22-4-2-3-19-14(11)22/h2-6,8H,7H2,1H3,(H,21,23). The summed E-state index contributed by atoms with van der Waals surface area (Å²) in [7, 11) is 1.29. The summed E-state index contributed by atoms with van der Waals surface area (Å²) in [6.07, 6.45) is 4.70. The second-order valence-corrected chi connectivity index (χ2v) is 5.98. The molecule has 9 heteroatoms. The lowest BCUT2D eigenvalue weighted by molar-refractivity contribution is 0.0600. The Kier molecular flexibility index (Phi) is 5.00. The normalized spacial score (nSPS) is 10.7. The SMILES string of the molecule is COC(=O)c1cc(Cl)c(NC(=O)c2cnn3cccnc23)cc1CBr. The number of nitrogens with zero attached hydrogens (tertiary/aromatic N) is 3. The van der Waals surface area contributed by atoms with Crippen molar-refractivity contribution in [2.75, 3.05) is 12.4 Å². The fraction of sp³-hybridized carbons (Fsp3) is 0.125. The van der Waals surface area contributed by atoms with Crippen molar-refractivity contribution >= 4 is 50.7 Å². The number of hydrogen-bond acceptors (Lipinski definition) is 5. The fourth-order valence-electron chi connectivity index (χ4n) is 2.30. The molecule has 2 aromatic heterocycles. The highest BCUT2D eigenvalue weighted by atomic mass is 79.9. The van der Waals surface area contributed by atoms with Crippen LogP contribution in [0, 0.1) is 0 Å². The van der Waals surface area contributed by atoms with Gasteiger partial charge in [-0.3, -0.25) is 4.79 Å². The van der Waals surface area contributed by atoms with E-state index in [2.05, 4.69) is 31.3 Å². The van der Waals surface area contributed by atoms with E-state index in [9.17, 15) is 9.59 Å². The Morgan fingerprint density at radius 2 is 2.16 bits per heavy atom. The van der Waals surface area contributed by atoms with E-state index in [1.54, 1.807) is 24.5 Å². The highest BCUT2D eigenvalue weighted by Gasteiger charge is 2.18. The Morgan fingerprint density at radius 1 is 1.36 bits per heavy atom. The lowest BCUT2D eigenvalue weighted by Gasteiger charge is -2.11. The van der Waals surface area contributed by atoms with Gasteiger partial charge in [0.05, 0.1) is 29.6 Å². The van der Waals surface area contributed by atoms with E-state index in [1.165, 1.54) is 23.9 Å². The van der Waals surface area contributed by atoms with Gasteiger partial charge >= 0.3 is 5.97 Å². The lowest BCUT2D eigenvalue weighted by atomic mass is 10.1. The van der Waals surface area contributed by atoms with E-state index in [1.807, 2.05) is 0 Å². The van der Waals surface area contributed by atoms with Gasteiger partial charge < -0.3 is 10.1 Å². The summed E-state index contributed by atoms with van der Waals surface area (Å²) < 4.78 is 6.24. The van der Waals surface area contributed by atoms with Crippen molar-refractivity contribution in [3.05, 3.63) is 58.5 Å². The van der Waals surface area contributed by atoms with Gasteiger partial charge in [0.2, 0.25) is 0 Å². The number of benzene rings is 1. The average molecular weight is 424 g/mol. The minimum atomic E-state index is -0.499. The molecule has 3 aromatic rings. The number of aromatic nitrogens is 3. The fourth-order valence-corrected chi connectivity index (χ4v) is 2.98. The molecule has 0 aliphatic carbocycles. The Labute approximate surface area is 156 Å². The third-order valence-electron chi connectivity index (χ3n) is 3.51. The van der Waals surface area contributed by atoms with E-state index in [4.69, 9.17) is 16.3 Å². The first kappa shape index (κ1) is 17.4. The zero-order valence-corrected chi connectivity index (χ0v) is 15.3. The third kappa shape index (κ3) is 3.35. The number of anilines is 1. The van der Waals surface area contributed by atoms with Crippen LogP contribution in [0.5, 0.6) is 0 Å². The summed E-state index contributed by atoms with van der Waals surface area (Å²) in [4.78, 5) is 28.5. The molecule has 0 fully saturated rings. The number of ether oxygens (including phenoxy) is 1. The average Bonchev–Trinajstić information content (AvgIpc) is 3.06. The number of alkyl halides is 1. The van der Waals surface area contributed by atoms with Crippen LogP contribution in [0.2, 0.25) is 5.02 Å². The summed E-state index contributed by atoms with van der Waals surface area (Å²) in [5.74, 6) is -0.900. The molecular weight excluding hydrogens is 412 g/mol. The van der Waals surface area contributed by atoms with Crippen molar-refractivity contribution in [3.63, 3.8) is 0 Å². The molecule has 25 heavy (non-hydrogen) atoms. The van der Waals surface area contributed by atoms with Crippen molar-refractivity contribution in [1.82, 2.24) is 14.6 Å². The molecule has 0 aliphatic heterocycles. The molecule has 1 N–H and O–H groups in total. The van der Waals surface area contributed by atoms with Crippen LogP contribution in [0.1, 0.15) is 26.3 Å². The van der Waals surface area contributed by atoms with Crippen LogP contribution < -0.4 is 5.32 Å². The first-order chi connectivity index (χ1) is 12.0. The van der Waals surface area contributed by atoms with Gasteiger partial charge in [0, 0.05) is 17.7 Å². The van der Waals surface area contributed by atoms with Crippen molar-refractivity contribution < 1.29 is 14.3 Å². The maximum absolute atomic E-state index is 12.5. The van der Waals surface area contributed by atoms with Crippen molar-refractivity contribution in [2.45, 2.75) is 5.33 Å². The van der Waals surface area contributed by atoms with Crippen molar-refractivity contribution in [1.29, 1.82) is 0 Å². The van der Waals surface area contributed by atoms with Gasteiger partial charge in [-0.05, 0) is 23.8 Å². The van der Waals surface area contributed by atoms with Crippen molar-refractivity contribution in [3.8, 4) is 0 Å². The van der Waals surface area contributed by atoms with E-state index in [-0.39, 0.29) is 5.02 Å². The maximum Gasteiger partial charge on any atom is 0.338 e. The Hall–Kier alpha value is -2.45. The smallest absolute Gasteiger partial charge is 0.338 e. The third-order valence-corrected chi connectivity index (χ3v) is 4.43. The number of carbonyl (C=O) groups is 2. The molecule has 0 unspecified atom stereocenters. The van der Waals surface area contributed by atoms with Gasteiger partial charge in [-0.1, -0.05) is 27.5 Å². The molecule has 0 atom stereocenters. The molecule has 0 saturated heterocycles. The molecule has 0 spiro atoms. The molecule has 0 radical (unpaired) electrons. The first-order valence-corrected chi connectivity index (χ1v) is 8.61. The Morgan fingerprint density at radius 3 is 2.88 bits per heavy atom. The zero-order valence-electron chi connectivity index (χ0n) is 13.0. The van der Waals surface area contributed by atoms with Gasteiger partial charge in [0.25, 0.3) is 5.91 Å². The van der Waals surface area contributed by atoms with Crippen LogP contribution in [0.3, 0.4) is 0 Å². The lowest BCUT2D eigenvalue weighted by Crippen LogP contribution is -2.14. The van der Waals surface area contributed by atoms with Gasteiger partial charge in [-0.2, -0.15) is 5.10 Å². The summed E-state index contributed by atoms with van der Waals surface area (Å²) in [5.41, 5.74) is 2.10. The van der Waals surface area contributed by atoms with Gasteiger partial charge in [0.1, 0.15) is 5.56 Å². The van der Waals surface area contributed by atoms with Crippen LogP contribution in [0.25, 0.3) is 5.65 Å². The number of halogens is 2. The largest absolute Gasteiger partial charge is 0.465 e. The van der Waals surface area contributed by atoms with E-state index in [0.717, 1.165) is 0 Å². The predicted octanol–water partition coefficient (Wildman–Crippen LogP) is 3.32. The summed E-state index contributed by atoms with van der Waals surface area (Å²) in [6.45, 7) is 0. The van der Waals surface area contributed by atoms with Crippen LogP contribution >= 0.6 is 27.5 Å². The van der Waals surface area contributed by atoms with E-state index < -0.39 is 11.9 Å². The topological polar surface area (TPSA) is 85.6 Å². The van der Waals surface area contributed by atoms with E-state index >= 15 is 0 Å². The quantitative estimate of drug-likeness (QED) is 0.514. The molecule has 2 heterocycles.